The van der Waals surface area contributed by atoms with E-state index in [2.05, 4.69) is 20.6 Å². The van der Waals surface area contributed by atoms with Crippen molar-refractivity contribution in [3.63, 3.8) is 0 Å². The lowest BCUT2D eigenvalue weighted by molar-refractivity contribution is 0.102. The second-order valence-electron chi connectivity index (χ2n) is 8.51. The highest BCUT2D eigenvalue weighted by atomic mass is 32.2. The average molecular weight is 534 g/mol. The molecule has 1 aliphatic rings. The standard InChI is InChI=1S/C28H30N4O5S/c1-29-27(17-21-7-10-25-26(16-21)37-13-12-36-25)31-19-20-5-8-24(9-6-20)32-28(33)23-4-2-3-22(15-23)18-30-11-14-38(34)35/h2-10,15-16,19,30H,11-14,17-18H2,1H3,(H,32,33)(H,34,35)/p-1. The first-order chi connectivity index (χ1) is 18.5. The van der Waals surface area contributed by atoms with E-state index in [1.54, 1.807) is 31.5 Å². The second-order valence-corrected chi connectivity index (χ2v) is 9.53. The van der Waals surface area contributed by atoms with Crippen LogP contribution < -0.4 is 20.1 Å². The van der Waals surface area contributed by atoms with Crippen LogP contribution in [-0.2, 0) is 24.0 Å². The number of anilines is 1. The Bertz CT molecular complexity index is 1340. The van der Waals surface area contributed by atoms with E-state index in [1.807, 2.05) is 48.5 Å². The third-order valence-corrected chi connectivity index (χ3v) is 6.26. The minimum Gasteiger partial charge on any atom is -0.772 e. The summed E-state index contributed by atoms with van der Waals surface area (Å²) in [7, 11) is 1.71. The summed E-state index contributed by atoms with van der Waals surface area (Å²) in [6, 6.07) is 20.4. The lowest BCUT2D eigenvalue weighted by Gasteiger charge is -2.18. The highest BCUT2D eigenvalue weighted by Gasteiger charge is 2.12. The molecule has 4 rings (SSSR count). The topological polar surface area (TPSA) is 124 Å². The van der Waals surface area contributed by atoms with Crippen LogP contribution >= 0.6 is 0 Å². The summed E-state index contributed by atoms with van der Waals surface area (Å²) in [5.74, 6) is 1.99. The monoisotopic (exact) mass is 533 g/mol. The number of aliphatic imine (C=N–C) groups is 2. The van der Waals surface area contributed by atoms with Crippen molar-refractivity contribution < 1.29 is 23.0 Å². The lowest BCUT2D eigenvalue weighted by atomic mass is 10.1. The van der Waals surface area contributed by atoms with Crippen molar-refractivity contribution in [2.24, 2.45) is 9.98 Å². The number of carbonyl (C=O) groups is 1. The van der Waals surface area contributed by atoms with Crippen LogP contribution in [0.2, 0.25) is 0 Å². The number of amides is 1. The van der Waals surface area contributed by atoms with Crippen LogP contribution in [-0.4, -0.2) is 59.3 Å². The zero-order valence-corrected chi connectivity index (χ0v) is 21.8. The summed E-state index contributed by atoms with van der Waals surface area (Å²) in [5.41, 5.74) is 3.98. The normalized spacial score (nSPS) is 13.9. The SMILES string of the molecule is CN=C(Cc1ccc2c(c1)OCCO2)N=Cc1ccc(NC(=O)c2cccc(CNCCS(=O)[O-])c2)cc1. The van der Waals surface area contributed by atoms with Crippen molar-refractivity contribution in [1.29, 1.82) is 0 Å². The number of carbonyl (C=O) groups excluding carboxylic acids is 1. The van der Waals surface area contributed by atoms with Crippen LogP contribution in [0, 0.1) is 0 Å². The van der Waals surface area contributed by atoms with Crippen LogP contribution in [0.15, 0.2) is 76.7 Å². The van der Waals surface area contributed by atoms with E-state index in [-0.39, 0.29) is 11.7 Å². The molecule has 3 aromatic carbocycles. The summed E-state index contributed by atoms with van der Waals surface area (Å²) < 4.78 is 32.5. The molecule has 1 amide bonds. The van der Waals surface area contributed by atoms with E-state index < -0.39 is 11.1 Å². The number of ether oxygens (including phenoxy) is 2. The van der Waals surface area contributed by atoms with Crippen molar-refractivity contribution in [3.05, 3.63) is 89.0 Å². The molecule has 0 saturated carbocycles. The van der Waals surface area contributed by atoms with Crippen LogP contribution in [0.5, 0.6) is 11.5 Å². The van der Waals surface area contributed by atoms with E-state index in [0.717, 1.165) is 28.2 Å². The summed E-state index contributed by atoms with van der Waals surface area (Å²) >= 11 is -2.07. The molecule has 0 fully saturated rings. The average Bonchev–Trinajstić information content (AvgIpc) is 2.94. The van der Waals surface area contributed by atoms with Gasteiger partial charge in [0.05, 0.1) is 0 Å². The van der Waals surface area contributed by atoms with E-state index in [0.29, 0.717) is 49.8 Å². The van der Waals surface area contributed by atoms with Gasteiger partial charge in [-0.05, 0) is 53.1 Å². The molecule has 0 bridgehead atoms. The van der Waals surface area contributed by atoms with Crippen LogP contribution in [0.4, 0.5) is 5.69 Å². The van der Waals surface area contributed by atoms with Gasteiger partial charge >= 0.3 is 0 Å². The van der Waals surface area contributed by atoms with E-state index in [4.69, 9.17) is 9.47 Å². The Morgan fingerprint density at radius 1 is 1.03 bits per heavy atom. The molecular formula is C28H29N4O5S-. The summed E-state index contributed by atoms with van der Waals surface area (Å²) in [5, 5.41) is 5.95. The van der Waals surface area contributed by atoms with Crippen molar-refractivity contribution in [2.45, 2.75) is 13.0 Å². The van der Waals surface area contributed by atoms with E-state index in [9.17, 15) is 13.6 Å². The Balaban J connectivity index is 1.31. The minimum atomic E-state index is -2.07. The fourth-order valence-electron chi connectivity index (χ4n) is 3.78. The smallest absolute Gasteiger partial charge is 0.255 e. The van der Waals surface area contributed by atoms with Gasteiger partial charge < -0.3 is 24.7 Å². The number of benzene rings is 3. The number of amidine groups is 1. The Labute approximate surface area is 224 Å². The summed E-state index contributed by atoms with van der Waals surface area (Å²) in [6.07, 6.45) is 2.30. The van der Waals surface area contributed by atoms with Gasteiger partial charge in [0.25, 0.3) is 5.91 Å². The molecular weight excluding hydrogens is 504 g/mol. The predicted molar refractivity (Wildman–Crippen MR) is 148 cm³/mol. The molecule has 10 heteroatoms. The van der Waals surface area contributed by atoms with Gasteiger partial charge in [-0.25, -0.2) is 4.99 Å². The summed E-state index contributed by atoms with van der Waals surface area (Å²) in [6.45, 7) is 1.93. The van der Waals surface area contributed by atoms with Gasteiger partial charge in [-0.3, -0.25) is 14.0 Å². The molecule has 2 N–H and O–H groups in total. The predicted octanol–water partition coefficient (Wildman–Crippen LogP) is 3.37. The third kappa shape index (κ3) is 8.07. The third-order valence-electron chi connectivity index (χ3n) is 5.72. The first-order valence-electron chi connectivity index (χ1n) is 12.2. The number of hydrogen-bond acceptors (Lipinski definition) is 7. The Morgan fingerprint density at radius 2 is 1.82 bits per heavy atom. The van der Waals surface area contributed by atoms with Gasteiger partial charge in [-0.2, -0.15) is 0 Å². The van der Waals surface area contributed by atoms with Crippen molar-refractivity contribution in [1.82, 2.24) is 5.32 Å². The number of fused-ring (bicyclic) bond motifs is 1. The molecule has 3 aromatic rings. The van der Waals surface area contributed by atoms with Gasteiger partial charge in [-0.15, -0.1) is 0 Å². The van der Waals surface area contributed by atoms with Gasteiger partial charge in [0.2, 0.25) is 0 Å². The first kappa shape index (κ1) is 27.2. The molecule has 9 nitrogen and oxygen atoms in total. The molecule has 198 valence electrons. The number of rotatable bonds is 10. The van der Waals surface area contributed by atoms with Crippen molar-refractivity contribution >= 4 is 34.7 Å². The maximum Gasteiger partial charge on any atom is 0.255 e. The Morgan fingerprint density at radius 3 is 2.58 bits per heavy atom. The molecule has 0 aromatic heterocycles. The highest BCUT2D eigenvalue weighted by Crippen LogP contribution is 2.31. The molecule has 1 atom stereocenters. The molecule has 1 heterocycles. The first-order valence-corrected chi connectivity index (χ1v) is 13.4. The second kappa shape index (κ2) is 13.6. The largest absolute Gasteiger partial charge is 0.772 e. The Hall–Kier alpha value is -3.86. The van der Waals surface area contributed by atoms with Gasteiger partial charge in [0, 0.05) is 49.8 Å². The zero-order chi connectivity index (χ0) is 26.7. The van der Waals surface area contributed by atoms with E-state index in [1.165, 1.54) is 0 Å². The molecule has 0 radical (unpaired) electrons. The highest BCUT2D eigenvalue weighted by molar-refractivity contribution is 7.79. The molecule has 1 unspecified atom stereocenters. The maximum absolute atomic E-state index is 12.7. The van der Waals surface area contributed by atoms with Crippen LogP contribution in [0.3, 0.4) is 0 Å². The van der Waals surface area contributed by atoms with Gasteiger partial charge in [-0.1, -0.05) is 41.4 Å². The zero-order valence-electron chi connectivity index (χ0n) is 21.0. The number of nitrogens with zero attached hydrogens (tertiary/aromatic N) is 2. The van der Waals surface area contributed by atoms with Gasteiger partial charge in [0.1, 0.15) is 19.0 Å². The fraction of sp³-hybridized carbons (Fsp3) is 0.250. The van der Waals surface area contributed by atoms with Crippen LogP contribution in [0.1, 0.15) is 27.0 Å². The fourth-order valence-corrected chi connectivity index (χ4v) is 4.09. The lowest BCUT2D eigenvalue weighted by Crippen LogP contribution is -2.20. The number of hydrogen-bond donors (Lipinski definition) is 2. The Kier molecular flexibility index (Phi) is 9.74. The molecule has 38 heavy (non-hydrogen) atoms. The minimum absolute atomic E-state index is 0.0489. The molecule has 0 saturated heterocycles. The molecule has 0 spiro atoms. The van der Waals surface area contributed by atoms with Gasteiger partial charge in [0.15, 0.2) is 11.5 Å². The summed E-state index contributed by atoms with van der Waals surface area (Å²) in [4.78, 5) is 21.5. The van der Waals surface area contributed by atoms with Crippen LogP contribution in [0.25, 0.3) is 0 Å². The van der Waals surface area contributed by atoms with Crippen molar-refractivity contribution in [2.75, 3.05) is 37.9 Å². The molecule has 1 aliphatic heterocycles. The quantitative estimate of drug-likeness (QED) is 0.178. The maximum atomic E-state index is 12.7. The van der Waals surface area contributed by atoms with Crippen molar-refractivity contribution in [3.8, 4) is 11.5 Å². The number of nitrogens with one attached hydrogen (secondary N) is 2. The molecule has 0 aliphatic carbocycles. The van der Waals surface area contributed by atoms with E-state index >= 15 is 0 Å².